The van der Waals surface area contributed by atoms with Gasteiger partial charge in [0.15, 0.2) is 0 Å². The lowest BCUT2D eigenvalue weighted by atomic mass is 10.2. The summed E-state index contributed by atoms with van der Waals surface area (Å²) in [5.41, 5.74) is 2.55. The fraction of sp³-hybridized carbons (Fsp3) is 0.100. The van der Waals surface area contributed by atoms with E-state index in [0.29, 0.717) is 16.3 Å². The average Bonchev–Trinajstić information content (AvgIpc) is 2.71. The van der Waals surface area contributed by atoms with Gasteiger partial charge in [-0.3, -0.25) is 4.79 Å². The van der Waals surface area contributed by atoms with Crippen LogP contribution in [0.3, 0.4) is 0 Å². The van der Waals surface area contributed by atoms with Crippen molar-refractivity contribution < 1.29 is 14.3 Å². The van der Waals surface area contributed by atoms with Crippen LogP contribution in [-0.4, -0.2) is 29.0 Å². The lowest BCUT2D eigenvalue weighted by molar-refractivity contribution is 0.0600. The molecule has 1 amide bonds. The lowest BCUT2D eigenvalue weighted by Gasteiger charge is -2.10. The minimum Gasteiger partial charge on any atom is -0.465 e. The zero-order chi connectivity index (χ0) is 20.1. The number of ether oxygens (including phenoxy) is 1. The molecule has 0 saturated heterocycles. The molecule has 3 aromatic rings. The quantitative estimate of drug-likeness (QED) is 0.627. The molecule has 0 aliphatic rings. The van der Waals surface area contributed by atoms with E-state index in [2.05, 4.69) is 25.3 Å². The number of nitrogens with zero attached hydrogens (tertiary/aromatic N) is 2. The van der Waals surface area contributed by atoms with Gasteiger partial charge in [0.05, 0.1) is 12.7 Å². The normalized spacial score (nSPS) is 10.2. The first kappa shape index (κ1) is 19.3. The van der Waals surface area contributed by atoms with Crippen LogP contribution in [-0.2, 0) is 4.74 Å². The van der Waals surface area contributed by atoms with Gasteiger partial charge in [-0.15, -0.1) is 0 Å². The molecule has 2 aromatic carbocycles. The van der Waals surface area contributed by atoms with Crippen molar-refractivity contribution in [1.29, 1.82) is 0 Å². The van der Waals surface area contributed by atoms with Crippen molar-refractivity contribution >= 4 is 40.8 Å². The predicted octanol–water partition coefficient (Wildman–Crippen LogP) is 4.22. The second kappa shape index (κ2) is 8.49. The first-order valence-electron chi connectivity index (χ1n) is 8.33. The highest BCUT2D eigenvalue weighted by molar-refractivity contribution is 6.31. The van der Waals surface area contributed by atoms with E-state index >= 15 is 0 Å². The van der Waals surface area contributed by atoms with Crippen LogP contribution in [0.1, 0.15) is 26.4 Å². The van der Waals surface area contributed by atoms with Crippen LogP contribution < -0.4 is 10.6 Å². The summed E-state index contributed by atoms with van der Waals surface area (Å²) in [5, 5.41) is 6.37. The second-order valence-corrected chi connectivity index (χ2v) is 6.24. The van der Waals surface area contributed by atoms with Crippen LogP contribution in [0.2, 0.25) is 5.02 Å². The predicted molar refractivity (Wildman–Crippen MR) is 107 cm³/mol. The maximum Gasteiger partial charge on any atom is 0.337 e. The average molecular weight is 397 g/mol. The molecule has 0 radical (unpaired) electrons. The summed E-state index contributed by atoms with van der Waals surface area (Å²) in [6.45, 7) is 1.87. The SMILES string of the molecule is COC(=O)c1cccc(NC(=O)c2ccnc(Nc3cccc(Cl)c3C)n2)c1. The number of hydrogen-bond acceptors (Lipinski definition) is 6. The van der Waals surface area contributed by atoms with Crippen molar-refractivity contribution in [2.45, 2.75) is 6.92 Å². The summed E-state index contributed by atoms with van der Waals surface area (Å²) in [6.07, 6.45) is 1.48. The van der Waals surface area contributed by atoms with Gasteiger partial charge in [0, 0.05) is 22.6 Å². The number of anilines is 3. The number of amides is 1. The maximum absolute atomic E-state index is 12.5. The van der Waals surface area contributed by atoms with Crippen molar-refractivity contribution in [2.24, 2.45) is 0 Å². The first-order chi connectivity index (χ1) is 13.5. The first-order valence-corrected chi connectivity index (χ1v) is 8.70. The number of carbonyl (C=O) groups is 2. The third-order valence-electron chi connectivity index (χ3n) is 3.94. The van der Waals surface area contributed by atoms with Crippen molar-refractivity contribution in [3.63, 3.8) is 0 Å². The van der Waals surface area contributed by atoms with Gasteiger partial charge in [-0.05, 0) is 48.9 Å². The highest BCUT2D eigenvalue weighted by atomic mass is 35.5. The van der Waals surface area contributed by atoms with E-state index in [9.17, 15) is 9.59 Å². The number of hydrogen-bond donors (Lipinski definition) is 2. The largest absolute Gasteiger partial charge is 0.465 e. The number of carbonyl (C=O) groups excluding carboxylic acids is 2. The molecule has 1 aromatic heterocycles. The molecule has 0 aliphatic heterocycles. The number of aromatic nitrogens is 2. The number of rotatable bonds is 5. The maximum atomic E-state index is 12.5. The molecular formula is C20H17ClN4O3. The van der Waals surface area contributed by atoms with Gasteiger partial charge in [-0.25, -0.2) is 14.8 Å². The van der Waals surface area contributed by atoms with E-state index in [4.69, 9.17) is 11.6 Å². The summed E-state index contributed by atoms with van der Waals surface area (Å²) in [4.78, 5) is 32.5. The molecule has 0 spiro atoms. The molecule has 28 heavy (non-hydrogen) atoms. The Morgan fingerprint density at radius 3 is 2.68 bits per heavy atom. The highest BCUT2D eigenvalue weighted by Gasteiger charge is 2.12. The van der Waals surface area contributed by atoms with Gasteiger partial charge in [-0.2, -0.15) is 0 Å². The zero-order valence-electron chi connectivity index (χ0n) is 15.2. The van der Waals surface area contributed by atoms with Crippen LogP contribution in [0.15, 0.2) is 54.7 Å². The van der Waals surface area contributed by atoms with E-state index in [1.165, 1.54) is 25.4 Å². The van der Waals surface area contributed by atoms with Crippen molar-refractivity contribution in [1.82, 2.24) is 9.97 Å². The Morgan fingerprint density at radius 1 is 1.11 bits per heavy atom. The Labute approximate surface area is 166 Å². The summed E-state index contributed by atoms with van der Waals surface area (Å²) in [6, 6.07) is 13.4. The lowest BCUT2D eigenvalue weighted by Crippen LogP contribution is -2.15. The number of halogens is 1. The Morgan fingerprint density at radius 2 is 1.89 bits per heavy atom. The third kappa shape index (κ3) is 4.44. The van der Waals surface area contributed by atoms with Crippen molar-refractivity contribution in [3.8, 4) is 0 Å². The molecule has 2 N–H and O–H groups in total. The van der Waals surface area contributed by atoms with E-state index in [0.717, 1.165) is 11.3 Å². The van der Waals surface area contributed by atoms with Crippen molar-refractivity contribution in [2.75, 3.05) is 17.7 Å². The summed E-state index contributed by atoms with van der Waals surface area (Å²) >= 11 is 6.12. The minimum absolute atomic E-state index is 0.167. The van der Waals surface area contributed by atoms with E-state index < -0.39 is 11.9 Å². The molecule has 0 saturated carbocycles. The Hall–Kier alpha value is -3.45. The monoisotopic (exact) mass is 396 g/mol. The molecule has 0 bridgehead atoms. The van der Waals surface area contributed by atoms with Crippen LogP contribution in [0.25, 0.3) is 0 Å². The van der Waals surface area contributed by atoms with Gasteiger partial charge in [0.1, 0.15) is 5.69 Å². The molecular weight excluding hydrogens is 380 g/mol. The highest BCUT2D eigenvalue weighted by Crippen LogP contribution is 2.25. The molecule has 142 valence electrons. The number of methoxy groups -OCH3 is 1. The molecule has 0 unspecified atom stereocenters. The molecule has 0 atom stereocenters. The van der Waals surface area contributed by atoms with Gasteiger partial charge < -0.3 is 15.4 Å². The van der Waals surface area contributed by atoms with E-state index in [1.54, 1.807) is 24.3 Å². The molecule has 3 rings (SSSR count). The number of benzene rings is 2. The summed E-state index contributed by atoms with van der Waals surface area (Å²) in [7, 11) is 1.30. The van der Waals surface area contributed by atoms with Crippen LogP contribution >= 0.6 is 11.6 Å². The van der Waals surface area contributed by atoms with Gasteiger partial charge in [0.2, 0.25) is 5.95 Å². The number of esters is 1. The fourth-order valence-corrected chi connectivity index (χ4v) is 2.62. The van der Waals surface area contributed by atoms with Crippen LogP contribution in [0, 0.1) is 6.92 Å². The van der Waals surface area contributed by atoms with E-state index in [-0.39, 0.29) is 11.6 Å². The Balaban J connectivity index is 1.77. The summed E-state index contributed by atoms with van der Waals surface area (Å²) < 4.78 is 4.68. The minimum atomic E-state index is -0.485. The van der Waals surface area contributed by atoms with Crippen LogP contribution in [0.4, 0.5) is 17.3 Å². The molecule has 7 nitrogen and oxygen atoms in total. The third-order valence-corrected chi connectivity index (χ3v) is 4.35. The van der Waals surface area contributed by atoms with Crippen molar-refractivity contribution in [3.05, 3.63) is 76.6 Å². The standard InChI is InChI=1S/C20H17ClN4O3/c1-12-15(21)7-4-8-16(12)24-20-22-10-9-17(25-20)18(26)23-14-6-3-5-13(11-14)19(27)28-2/h3-11H,1-2H3,(H,23,26)(H,22,24,25). The Bertz CT molecular complexity index is 1040. The fourth-order valence-electron chi connectivity index (χ4n) is 2.45. The topological polar surface area (TPSA) is 93.2 Å². The molecule has 1 heterocycles. The molecule has 0 fully saturated rings. The summed E-state index contributed by atoms with van der Waals surface area (Å²) in [5.74, 6) is -0.655. The smallest absolute Gasteiger partial charge is 0.337 e. The van der Waals surface area contributed by atoms with Gasteiger partial charge in [-0.1, -0.05) is 23.7 Å². The molecule has 8 heteroatoms. The Kier molecular flexibility index (Phi) is 5.86. The zero-order valence-corrected chi connectivity index (χ0v) is 15.9. The van der Waals surface area contributed by atoms with E-state index in [1.807, 2.05) is 19.1 Å². The molecule has 0 aliphatic carbocycles. The van der Waals surface area contributed by atoms with Gasteiger partial charge in [0.25, 0.3) is 5.91 Å². The van der Waals surface area contributed by atoms with Gasteiger partial charge >= 0.3 is 5.97 Å². The van der Waals surface area contributed by atoms with Crippen LogP contribution in [0.5, 0.6) is 0 Å². The number of nitrogens with one attached hydrogen (secondary N) is 2. The second-order valence-electron chi connectivity index (χ2n) is 5.83.